The molecular weight excluding hydrogens is 412 g/mol. The Morgan fingerprint density at radius 2 is 2.15 bits per heavy atom. The van der Waals surface area contributed by atoms with Crippen molar-refractivity contribution in [1.82, 2.24) is 15.5 Å². The molecule has 3 aromatic rings. The molecule has 2 aromatic heterocycles. The van der Waals surface area contributed by atoms with E-state index in [2.05, 4.69) is 15.5 Å². The second-order valence-corrected chi connectivity index (χ2v) is 8.93. The van der Waals surface area contributed by atoms with Crippen molar-refractivity contribution < 1.29 is 17.7 Å². The Hall–Kier alpha value is -2.43. The Kier molecular flexibility index (Phi) is 5.49. The molecule has 0 fully saturated rings. The number of aromatic nitrogens is 2. The van der Waals surface area contributed by atoms with Crippen LogP contribution in [0.3, 0.4) is 0 Å². The Labute approximate surface area is 164 Å². The molecule has 8 nitrogen and oxygen atoms in total. The van der Waals surface area contributed by atoms with Gasteiger partial charge in [-0.1, -0.05) is 22.8 Å². The average Bonchev–Trinajstić information content (AvgIpc) is 3.30. The first-order chi connectivity index (χ1) is 12.8. The highest BCUT2D eigenvalue weighted by Crippen LogP contribution is 2.24. The van der Waals surface area contributed by atoms with Gasteiger partial charge in [0, 0.05) is 7.05 Å². The number of hydrogen-bond acceptors (Lipinski definition) is 7. The molecule has 142 valence electrons. The number of rotatable bonds is 6. The number of carbonyl (C=O) groups is 1. The lowest BCUT2D eigenvalue weighted by Gasteiger charge is -2.17. The van der Waals surface area contributed by atoms with Crippen LogP contribution in [-0.2, 0) is 16.6 Å². The predicted molar refractivity (Wildman–Crippen MR) is 103 cm³/mol. The van der Waals surface area contributed by atoms with E-state index in [4.69, 9.17) is 16.1 Å². The number of sulfonamides is 1. The number of nitrogens with one attached hydrogen (secondary N) is 1. The topological polar surface area (TPSA) is 105 Å². The standard InChI is InChI=1S/C16H15ClN4O4S2/c1-21(27(2,23)24)10-5-6-12(17)11(8-10)16(22)18-9-14-19-15(20-25-14)13-4-3-7-26-13/h3-8H,9H2,1-2H3,(H,18,22). The summed E-state index contributed by atoms with van der Waals surface area (Å²) in [7, 11) is -2.07. The zero-order chi connectivity index (χ0) is 19.6. The summed E-state index contributed by atoms with van der Waals surface area (Å²) in [6.45, 7) is 0.0136. The quantitative estimate of drug-likeness (QED) is 0.649. The Balaban J connectivity index is 1.73. The molecular formula is C16H15ClN4O4S2. The second kappa shape index (κ2) is 7.67. The van der Waals surface area contributed by atoms with Crippen molar-refractivity contribution in [3.05, 3.63) is 52.2 Å². The van der Waals surface area contributed by atoms with Crippen LogP contribution in [-0.4, -0.2) is 37.8 Å². The first kappa shape index (κ1) is 19.3. The molecule has 0 bridgehead atoms. The molecule has 0 aliphatic heterocycles. The van der Waals surface area contributed by atoms with Crippen LogP contribution in [0.4, 0.5) is 5.69 Å². The zero-order valence-electron chi connectivity index (χ0n) is 14.3. The lowest BCUT2D eigenvalue weighted by atomic mass is 10.2. The van der Waals surface area contributed by atoms with Gasteiger partial charge in [-0.3, -0.25) is 9.10 Å². The van der Waals surface area contributed by atoms with Gasteiger partial charge in [0.05, 0.1) is 34.0 Å². The SMILES string of the molecule is CN(c1ccc(Cl)c(C(=O)NCc2nc(-c3cccs3)no2)c1)S(C)(=O)=O. The monoisotopic (exact) mass is 426 g/mol. The van der Waals surface area contributed by atoms with Crippen LogP contribution in [0.25, 0.3) is 10.7 Å². The third kappa shape index (κ3) is 4.46. The summed E-state index contributed by atoms with van der Waals surface area (Å²) < 4.78 is 29.5. The summed E-state index contributed by atoms with van der Waals surface area (Å²) in [6, 6.07) is 8.13. The van der Waals surface area contributed by atoms with Crippen LogP contribution >= 0.6 is 22.9 Å². The smallest absolute Gasteiger partial charge is 0.253 e. The highest BCUT2D eigenvalue weighted by atomic mass is 35.5. The normalized spacial score (nSPS) is 11.4. The van der Waals surface area contributed by atoms with E-state index in [1.54, 1.807) is 0 Å². The number of anilines is 1. The first-order valence-electron chi connectivity index (χ1n) is 7.64. The lowest BCUT2D eigenvalue weighted by Crippen LogP contribution is -2.26. The van der Waals surface area contributed by atoms with Crippen molar-refractivity contribution >= 4 is 44.6 Å². The molecule has 0 aliphatic carbocycles. The number of halogens is 1. The van der Waals surface area contributed by atoms with Crippen LogP contribution < -0.4 is 9.62 Å². The van der Waals surface area contributed by atoms with E-state index in [0.29, 0.717) is 11.5 Å². The van der Waals surface area contributed by atoms with E-state index in [1.165, 1.54) is 36.6 Å². The highest BCUT2D eigenvalue weighted by molar-refractivity contribution is 7.92. The molecule has 0 atom stereocenters. The fraction of sp³-hybridized carbons (Fsp3) is 0.188. The van der Waals surface area contributed by atoms with Crippen LogP contribution in [0, 0.1) is 0 Å². The number of hydrogen-bond donors (Lipinski definition) is 1. The minimum Gasteiger partial charge on any atom is -0.343 e. The predicted octanol–water partition coefficient (Wildman–Crippen LogP) is 2.78. The van der Waals surface area contributed by atoms with Gasteiger partial charge in [0.15, 0.2) is 0 Å². The maximum absolute atomic E-state index is 12.4. The molecule has 11 heteroatoms. The van der Waals surface area contributed by atoms with E-state index in [9.17, 15) is 13.2 Å². The summed E-state index contributed by atoms with van der Waals surface area (Å²) in [5.41, 5.74) is 0.465. The van der Waals surface area contributed by atoms with Crippen LogP contribution in [0.2, 0.25) is 5.02 Å². The fourth-order valence-electron chi connectivity index (χ4n) is 2.16. The van der Waals surface area contributed by atoms with Gasteiger partial charge in [-0.15, -0.1) is 11.3 Å². The first-order valence-corrected chi connectivity index (χ1v) is 10.7. The molecule has 27 heavy (non-hydrogen) atoms. The molecule has 1 N–H and O–H groups in total. The van der Waals surface area contributed by atoms with Gasteiger partial charge < -0.3 is 9.84 Å². The molecule has 1 amide bonds. The van der Waals surface area contributed by atoms with Gasteiger partial charge in [-0.05, 0) is 29.6 Å². The largest absolute Gasteiger partial charge is 0.343 e. The van der Waals surface area contributed by atoms with Gasteiger partial charge >= 0.3 is 0 Å². The molecule has 3 rings (SSSR count). The van der Waals surface area contributed by atoms with Crippen molar-refractivity contribution in [2.75, 3.05) is 17.6 Å². The molecule has 0 spiro atoms. The lowest BCUT2D eigenvalue weighted by molar-refractivity contribution is 0.0946. The second-order valence-electron chi connectivity index (χ2n) is 5.57. The van der Waals surface area contributed by atoms with Crippen molar-refractivity contribution in [3.63, 3.8) is 0 Å². The van der Waals surface area contributed by atoms with Crippen molar-refractivity contribution in [2.24, 2.45) is 0 Å². The zero-order valence-corrected chi connectivity index (χ0v) is 16.7. The number of amides is 1. The minimum absolute atomic E-state index is 0.0136. The summed E-state index contributed by atoms with van der Waals surface area (Å²) in [5, 5.41) is 8.60. The number of nitrogens with zero attached hydrogens (tertiary/aromatic N) is 3. The highest BCUT2D eigenvalue weighted by Gasteiger charge is 2.18. The third-order valence-electron chi connectivity index (χ3n) is 3.67. The van der Waals surface area contributed by atoms with E-state index >= 15 is 0 Å². The number of thiophene rings is 1. The average molecular weight is 427 g/mol. The summed E-state index contributed by atoms with van der Waals surface area (Å²) >= 11 is 7.56. The molecule has 0 unspecified atom stereocenters. The van der Waals surface area contributed by atoms with Gasteiger partial charge in [0.2, 0.25) is 21.7 Å². The van der Waals surface area contributed by atoms with E-state index in [0.717, 1.165) is 15.4 Å². The van der Waals surface area contributed by atoms with Crippen LogP contribution in [0.15, 0.2) is 40.2 Å². The van der Waals surface area contributed by atoms with Crippen LogP contribution in [0.1, 0.15) is 16.2 Å². The fourth-order valence-corrected chi connectivity index (χ4v) is 3.51. The Morgan fingerprint density at radius 1 is 1.37 bits per heavy atom. The molecule has 0 radical (unpaired) electrons. The van der Waals surface area contributed by atoms with E-state index < -0.39 is 15.9 Å². The van der Waals surface area contributed by atoms with Crippen molar-refractivity contribution in [1.29, 1.82) is 0 Å². The summed E-state index contributed by atoms with van der Waals surface area (Å²) in [6.07, 6.45) is 1.07. The number of carbonyl (C=O) groups excluding carboxylic acids is 1. The Bertz CT molecular complexity index is 1060. The summed E-state index contributed by atoms with van der Waals surface area (Å²) in [5.74, 6) is 0.205. The molecule has 0 aliphatic rings. The van der Waals surface area contributed by atoms with Crippen molar-refractivity contribution in [3.8, 4) is 10.7 Å². The van der Waals surface area contributed by atoms with Gasteiger partial charge in [0.25, 0.3) is 5.91 Å². The van der Waals surface area contributed by atoms with Gasteiger partial charge in [-0.2, -0.15) is 4.98 Å². The minimum atomic E-state index is -3.46. The molecule has 2 heterocycles. The Morgan fingerprint density at radius 3 is 2.81 bits per heavy atom. The maximum atomic E-state index is 12.4. The van der Waals surface area contributed by atoms with Gasteiger partial charge in [0.1, 0.15) is 0 Å². The molecule has 1 aromatic carbocycles. The number of benzene rings is 1. The molecule has 0 saturated carbocycles. The van der Waals surface area contributed by atoms with E-state index in [1.807, 2.05) is 17.5 Å². The third-order valence-corrected chi connectivity index (χ3v) is 6.07. The van der Waals surface area contributed by atoms with E-state index in [-0.39, 0.29) is 23.0 Å². The van der Waals surface area contributed by atoms with Crippen molar-refractivity contribution in [2.45, 2.75) is 6.54 Å². The maximum Gasteiger partial charge on any atom is 0.253 e. The molecule has 0 saturated heterocycles. The van der Waals surface area contributed by atoms with Crippen LogP contribution in [0.5, 0.6) is 0 Å². The summed E-state index contributed by atoms with van der Waals surface area (Å²) in [4.78, 5) is 17.5. The van der Waals surface area contributed by atoms with Gasteiger partial charge in [-0.25, -0.2) is 8.42 Å².